The van der Waals surface area contributed by atoms with Gasteiger partial charge in [-0.3, -0.25) is 4.79 Å². The maximum atomic E-state index is 11.4. The van der Waals surface area contributed by atoms with Gasteiger partial charge in [-0.15, -0.1) is 6.58 Å². The molecule has 1 rings (SSSR count). The largest absolute Gasteiger partial charge is 0.327 e. The Morgan fingerprint density at radius 1 is 1.54 bits per heavy atom. The Balaban J connectivity index is 2.12. The molecule has 13 heavy (non-hydrogen) atoms. The Labute approximate surface area is 80.2 Å². The van der Waals surface area contributed by atoms with Crippen LogP contribution in [0.15, 0.2) is 12.2 Å². The Morgan fingerprint density at radius 2 is 2.15 bits per heavy atom. The molecule has 0 heterocycles. The summed E-state index contributed by atoms with van der Waals surface area (Å²) in [6.07, 6.45) is 4.44. The molecule has 0 spiro atoms. The van der Waals surface area contributed by atoms with Gasteiger partial charge in [0.1, 0.15) is 5.78 Å². The number of rotatable bonds is 6. The quantitative estimate of drug-likeness (QED) is 0.637. The van der Waals surface area contributed by atoms with Crippen molar-refractivity contribution in [2.45, 2.75) is 45.1 Å². The van der Waals surface area contributed by atoms with Gasteiger partial charge < -0.3 is 5.73 Å². The highest BCUT2D eigenvalue weighted by Gasteiger charge is 2.29. The van der Waals surface area contributed by atoms with Crippen LogP contribution in [0.1, 0.15) is 39.0 Å². The molecular weight excluding hydrogens is 162 g/mol. The zero-order valence-electron chi connectivity index (χ0n) is 8.38. The molecule has 74 valence electrons. The van der Waals surface area contributed by atoms with Crippen molar-refractivity contribution < 1.29 is 4.79 Å². The highest BCUT2D eigenvalue weighted by atomic mass is 16.1. The monoisotopic (exact) mass is 181 g/mol. The number of Topliss-reactive ketones (excluding diaryl/α,β-unsaturated/α-hetero) is 1. The van der Waals surface area contributed by atoms with Crippen LogP contribution in [0, 0.1) is 5.92 Å². The molecule has 1 saturated carbocycles. The summed E-state index contributed by atoms with van der Waals surface area (Å²) >= 11 is 0. The minimum atomic E-state index is 0.123. The van der Waals surface area contributed by atoms with Gasteiger partial charge in [-0.25, -0.2) is 0 Å². The standard InChI is InChI=1S/C11H19NO/c1-8(2)3-6-10(13)7-11(12)9-4-5-9/h9,11H,1,3-7,12H2,2H3. The predicted octanol–water partition coefficient (Wildman–Crippen LogP) is 2.04. The first-order valence-electron chi connectivity index (χ1n) is 5.01. The lowest BCUT2D eigenvalue weighted by Gasteiger charge is -2.08. The normalized spacial score (nSPS) is 18.3. The van der Waals surface area contributed by atoms with Gasteiger partial charge in [0.2, 0.25) is 0 Å². The van der Waals surface area contributed by atoms with Gasteiger partial charge in [-0.2, -0.15) is 0 Å². The molecule has 2 heteroatoms. The summed E-state index contributed by atoms with van der Waals surface area (Å²) < 4.78 is 0. The summed E-state index contributed by atoms with van der Waals surface area (Å²) in [5.41, 5.74) is 6.92. The lowest BCUT2D eigenvalue weighted by molar-refractivity contribution is -0.119. The first kappa shape index (κ1) is 10.5. The van der Waals surface area contributed by atoms with Crippen LogP contribution < -0.4 is 5.73 Å². The maximum Gasteiger partial charge on any atom is 0.134 e. The minimum Gasteiger partial charge on any atom is -0.327 e. The van der Waals surface area contributed by atoms with E-state index in [1.807, 2.05) is 6.92 Å². The summed E-state index contributed by atoms with van der Waals surface area (Å²) in [6, 6.07) is 0.123. The van der Waals surface area contributed by atoms with Gasteiger partial charge in [-0.05, 0) is 32.1 Å². The smallest absolute Gasteiger partial charge is 0.134 e. The third-order valence-electron chi connectivity index (χ3n) is 2.52. The van der Waals surface area contributed by atoms with Crippen LogP contribution in [0.5, 0.6) is 0 Å². The second kappa shape index (κ2) is 4.56. The Hall–Kier alpha value is -0.630. The van der Waals surface area contributed by atoms with E-state index in [9.17, 15) is 4.79 Å². The number of carbonyl (C=O) groups is 1. The topological polar surface area (TPSA) is 43.1 Å². The lowest BCUT2D eigenvalue weighted by atomic mass is 10.0. The van der Waals surface area contributed by atoms with Crippen LogP contribution >= 0.6 is 0 Å². The van der Waals surface area contributed by atoms with E-state index in [2.05, 4.69) is 6.58 Å². The molecule has 0 saturated heterocycles. The van der Waals surface area contributed by atoms with E-state index in [1.165, 1.54) is 12.8 Å². The van der Waals surface area contributed by atoms with Crippen molar-refractivity contribution in [1.29, 1.82) is 0 Å². The fraction of sp³-hybridized carbons (Fsp3) is 0.727. The molecular formula is C11H19NO. The molecule has 1 atom stereocenters. The summed E-state index contributed by atoms with van der Waals surface area (Å²) in [6.45, 7) is 5.72. The molecule has 0 aromatic heterocycles. The predicted molar refractivity (Wildman–Crippen MR) is 54.4 cm³/mol. The average Bonchev–Trinajstić information content (AvgIpc) is 2.82. The number of hydrogen-bond donors (Lipinski definition) is 1. The van der Waals surface area contributed by atoms with E-state index in [0.717, 1.165) is 12.0 Å². The van der Waals surface area contributed by atoms with Gasteiger partial charge >= 0.3 is 0 Å². The molecule has 1 unspecified atom stereocenters. The zero-order chi connectivity index (χ0) is 9.84. The molecule has 0 aromatic rings. The Bertz CT molecular complexity index is 206. The van der Waals surface area contributed by atoms with Crippen LogP contribution in [-0.2, 0) is 4.79 Å². The van der Waals surface area contributed by atoms with Gasteiger partial charge in [0.05, 0.1) is 0 Å². The van der Waals surface area contributed by atoms with Crippen LogP contribution in [-0.4, -0.2) is 11.8 Å². The number of ketones is 1. The van der Waals surface area contributed by atoms with Crippen molar-refractivity contribution in [2.24, 2.45) is 11.7 Å². The molecule has 0 bridgehead atoms. The highest BCUT2D eigenvalue weighted by molar-refractivity contribution is 5.79. The van der Waals surface area contributed by atoms with Crippen molar-refractivity contribution in [3.05, 3.63) is 12.2 Å². The van der Waals surface area contributed by atoms with E-state index >= 15 is 0 Å². The molecule has 2 N–H and O–H groups in total. The second-order valence-corrected chi connectivity index (χ2v) is 4.20. The van der Waals surface area contributed by atoms with Crippen LogP contribution in [0.4, 0.5) is 0 Å². The van der Waals surface area contributed by atoms with Crippen molar-refractivity contribution in [1.82, 2.24) is 0 Å². The fourth-order valence-electron chi connectivity index (χ4n) is 1.41. The Kier molecular flexibility index (Phi) is 3.67. The van der Waals surface area contributed by atoms with E-state index in [4.69, 9.17) is 5.73 Å². The third-order valence-corrected chi connectivity index (χ3v) is 2.52. The number of allylic oxidation sites excluding steroid dienone is 1. The number of hydrogen-bond acceptors (Lipinski definition) is 2. The fourth-order valence-corrected chi connectivity index (χ4v) is 1.41. The van der Waals surface area contributed by atoms with Crippen molar-refractivity contribution in [2.75, 3.05) is 0 Å². The van der Waals surface area contributed by atoms with Gasteiger partial charge in [0, 0.05) is 18.9 Å². The van der Waals surface area contributed by atoms with Gasteiger partial charge in [0.25, 0.3) is 0 Å². The molecule has 1 aliphatic rings. The lowest BCUT2D eigenvalue weighted by Crippen LogP contribution is -2.25. The number of nitrogens with two attached hydrogens (primary N) is 1. The molecule has 0 radical (unpaired) electrons. The van der Waals surface area contributed by atoms with Crippen LogP contribution in [0.25, 0.3) is 0 Å². The summed E-state index contributed by atoms with van der Waals surface area (Å²) in [5.74, 6) is 0.927. The van der Waals surface area contributed by atoms with Gasteiger partial charge in [0.15, 0.2) is 0 Å². The van der Waals surface area contributed by atoms with E-state index in [1.54, 1.807) is 0 Å². The van der Waals surface area contributed by atoms with E-state index < -0.39 is 0 Å². The molecule has 2 nitrogen and oxygen atoms in total. The average molecular weight is 181 g/mol. The highest BCUT2D eigenvalue weighted by Crippen LogP contribution is 2.33. The van der Waals surface area contributed by atoms with Crippen molar-refractivity contribution in [3.8, 4) is 0 Å². The third kappa shape index (κ3) is 4.23. The first-order valence-corrected chi connectivity index (χ1v) is 5.01. The SMILES string of the molecule is C=C(C)CCC(=O)CC(N)C1CC1. The molecule has 1 aliphatic carbocycles. The number of carbonyl (C=O) groups excluding carboxylic acids is 1. The molecule has 0 amide bonds. The van der Waals surface area contributed by atoms with E-state index in [0.29, 0.717) is 24.5 Å². The van der Waals surface area contributed by atoms with Crippen molar-refractivity contribution >= 4 is 5.78 Å². The van der Waals surface area contributed by atoms with Crippen molar-refractivity contribution in [3.63, 3.8) is 0 Å². The van der Waals surface area contributed by atoms with Gasteiger partial charge in [-0.1, -0.05) is 5.57 Å². The molecule has 0 aromatic carbocycles. The Morgan fingerprint density at radius 3 is 2.62 bits per heavy atom. The molecule has 0 aliphatic heterocycles. The summed E-state index contributed by atoms with van der Waals surface area (Å²) in [7, 11) is 0. The first-order chi connectivity index (χ1) is 6.09. The zero-order valence-corrected chi connectivity index (χ0v) is 8.38. The van der Waals surface area contributed by atoms with Crippen LogP contribution in [0.2, 0.25) is 0 Å². The van der Waals surface area contributed by atoms with E-state index in [-0.39, 0.29) is 6.04 Å². The minimum absolute atomic E-state index is 0.123. The maximum absolute atomic E-state index is 11.4. The molecule has 1 fully saturated rings. The summed E-state index contributed by atoms with van der Waals surface area (Å²) in [5, 5.41) is 0. The second-order valence-electron chi connectivity index (χ2n) is 4.20. The van der Waals surface area contributed by atoms with Crippen LogP contribution in [0.3, 0.4) is 0 Å². The summed E-state index contributed by atoms with van der Waals surface area (Å²) in [4.78, 5) is 11.4.